The Bertz CT molecular complexity index is 1010. The molecule has 0 bridgehead atoms. The average molecular weight is 602 g/mol. The van der Waals surface area contributed by atoms with Crippen LogP contribution in [0.1, 0.15) is 111 Å². The van der Waals surface area contributed by atoms with Gasteiger partial charge in [-0.05, 0) is 98.0 Å². The van der Waals surface area contributed by atoms with Crippen LogP contribution in [0, 0.1) is 5.92 Å². The minimum Gasteiger partial charge on any atom is -0.445 e. The molecule has 2 fully saturated rings. The number of carbonyl (C=O) groups is 3. The first kappa shape index (κ1) is 34.5. The van der Waals surface area contributed by atoms with Gasteiger partial charge in [-0.2, -0.15) is 0 Å². The summed E-state index contributed by atoms with van der Waals surface area (Å²) in [5.41, 5.74) is -0.197. The Hall–Kier alpha value is -2.97. The lowest BCUT2D eigenvalue weighted by molar-refractivity contribution is 0.00911. The molecule has 0 aliphatic heterocycles. The van der Waals surface area contributed by atoms with Crippen LogP contribution in [-0.4, -0.2) is 71.0 Å². The number of amides is 3. The molecule has 2 aliphatic rings. The standard InChI is InChI=1S/C34H55N3O6/c1-33(2,3)42-31(39)36(22-13-23-37(29-16-11-8-12-17-29)32(40)43-34(4,5)6)24-26-18-20-28(21-19-26)35-30(38)41-25-27-14-9-7-10-15-27/h7,9-10,14-15,26,28-29H,8,11-13,16-25H2,1-6H3,(H,35,38)/t26-,28-. The Morgan fingerprint density at radius 3 is 2.00 bits per heavy atom. The molecule has 0 unspecified atom stereocenters. The smallest absolute Gasteiger partial charge is 0.410 e. The van der Waals surface area contributed by atoms with Crippen molar-refractivity contribution in [1.29, 1.82) is 0 Å². The molecule has 0 spiro atoms. The van der Waals surface area contributed by atoms with Crippen LogP contribution < -0.4 is 5.32 Å². The maximum absolute atomic E-state index is 13.3. The number of hydrogen-bond acceptors (Lipinski definition) is 6. The van der Waals surface area contributed by atoms with E-state index in [-0.39, 0.29) is 30.9 Å². The van der Waals surface area contributed by atoms with E-state index < -0.39 is 17.3 Å². The summed E-state index contributed by atoms with van der Waals surface area (Å²) < 4.78 is 16.9. The molecule has 3 amide bonds. The van der Waals surface area contributed by atoms with Gasteiger partial charge in [0.2, 0.25) is 0 Å². The van der Waals surface area contributed by atoms with Gasteiger partial charge >= 0.3 is 18.3 Å². The molecule has 9 heteroatoms. The molecule has 3 rings (SSSR count). The summed E-state index contributed by atoms with van der Waals surface area (Å²) >= 11 is 0. The van der Waals surface area contributed by atoms with Gasteiger partial charge < -0.3 is 29.3 Å². The van der Waals surface area contributed by atoms with Gasteiger partial charge in [-0.25, -0.2) is 14.4 Å². The van der Waals surface area contributed by atoms with Crippen LogP contribution >= 0.6 is 0 Å². The van der Waals surface area contributed by atoms with Crippen LogP contribution in [0.5, 0.6) is 0 Å². The summed E-state index contributed by atoms with van der Waals surface area (Å²) in [4.78, 5) is 42.5. The van der Waals surface area contributed by atoms with E-state index >= 15 is 0 Å². The summed E-state index contributed by atoms with van der Waals surface area (Å²) in [7, 11) is 0. The normalized spacial score (nSPS) is 19.7. The minimum atomic E-state index is -0.596. The van der Waals surface area contributed by atoms with Crippen molar-refractivity contribution in [3.05, 3.63) is 35.9 Å². The number of hydrogen-bond donors (Lipinski definition) is 1. The van der Waals surface area contributed by atoms with Gasteiger partial charge in [-0.15, -0.1) is 0 Å². The molecule has 0 aromatic heterocycles. The quantitative estimate of drug-likeness (QED) is 0.277. The van der Waals surface area contributed by atoms with E-state index in [2.05, 4.69) is 5.32 Å². The monoisotopic (exact) mass is 601 g/mol. The maximum atomic E-state index is 13.3. The third kappa shape index (κ3) is 13.1. The Labute approximate surface area is 259 Å². The van der Waals surface area contributed by atoms with Crippen molar-refractivity contribution < 1.29 is 28.6 Å². The molecule has 0 atom stereocenters. The van der Waals surface area contributed by atoms with E-state index in [0.29, 0.717) is 32.0 Å². The summed E-state index contributed by atoms with van der Waals surface area (Å²) in [6, 6.07) is 9.88. The highest BCUT2D eigenvalue weighted by Gasteiger charge is 2.31. The van der Waals surface area contributed by atoms with E-state index in [1.165, 1.54) is 6.42 Å². The molecule has 0 radical (unpaired) electrons. The fraction of sp³-hybridized carbons (Fsp3) is 0.735. The van der Waals surface area contributed by atoms with E-state index in [1.807, 2.05) is 81.7 Å². The average Bonchev–Trinajstić information content (AvgIpc) is 2.93. The van der Waals surface area contributed by atoms with E-state index in [9.17, 15) is 14.4 Å². The zero-order chi connectivity index (χ0) is 31.5. The van der Waals surface area contributed by atoms with Gasteiger partial charge in [-0.3, -0.25) is 0 Å². The molecule has 43 heavy (non-hydrogen) atoms. The van der Waals surface area contributed by atoms with Crippen molar-refractivity contribution in [1.82, 2.24) is 15.1 Å². The molecule has 0 heterocycles. The third-order valence-electron chi connectivity index (χ3n) is 7.98. The topological polar surface area (TPSA) is 97.4 Å². The van der Waals surface area contributed by atoms with Crippen LogP contribution in [0.2, 0.25) is 0 Å². The van der Waals surface area contributed by atoms with Gasteiger partial charge in [-0.1, -0.05) is 49.6 Å². The van der Waals surface area contributed by atoms with Crippen molar-refractivity contribution >= 4 is 18.3 Å². The summed E-state index contributed by atoms with van der Waals surface area (Å²) in [6.07, 6.45) is 8.57. The molecule has 1 N–H and O–H groups in total. The lowest BCUT2D eigenvalue weighted by atomic mass is 9.85. The first-order valence-corrected chi connectivity index (χ1v) is 16.2. The highest BCUT2D eigenvalue weighted by molar-refractivity contribution is 5.69. The fourth-order valence-corrected chi connectivity index (χ4v) is 5.88. The third-order valence-corrected chi connectivity index (χ3v) is 7.98. The predicted octanol–water partition coefficient (Wildman–Crippen LogP) is 7.67. The van der Waals surface area contributed by atoms with Gasteiger partial charge in [0.05, 0.1) is 0 Å². The number of nitrogens with one attached hydrogen (secondary N) is 1. The van der Waals surface area contributed by atoms with Crippen molar-refractivity contribution in [3.63, 3.8) is 0 Å². The van der Waals surface area contributed by atoms with Crippen LogP contribution in [0.3, 0.4) is 0 Å². The maximum Gasteiger partial charge on any atom is 0.410 e. The zero-order valence-electron chi connectivity index (χ0n) is 27.4. The first-order chi connectivity index (χ1) is 20.3. The minimum absolute atomic E-state index is 0.0624. The molecular weight excluding hydrogens is 546 g/mol. The van der Waals surface area contributed by atoms with Gasteiger partial charge in [0.25, 0.3) is 0 Å². The summed E-state index contributed by atoms with van der Waals surface area (Å²) in [6.45, 7) is 13.2. The lowest BCUT2D eigenvalue weighted by Crippen LogP contribution is -2.46. The van der Waals surface area contributed by atoms with Gasteiger partial charge in [0.1, 0.15) is 17.8 Å². The van der Waals surface area contributed by atoms with Crippen molar-refractivity contribution in [2.24, 2.45) is 5.92 Å². The Kier molecular flexibility index (Phi) is 13.0. The van der Waals surface area contributed by atoms with Gasteiger partial charge in [0, 0.05) is 31.7 Å². The highest BCUT2D eigenvalue weighted by atomic mass is 16.6. The molecule has 1 aromatic carbocycles. The fourth-order valence-electron chi connectivity index (χ4n) is 5.88. The van der Waals surface area contributed by atoms with Crippen LogP contribution in [0.4, 0.5) is 14.4 Å². The molecule has 0 saturated heterocycles. The van der Waals surface area contributed by atoms with Crippen molar-refractivity contribution in [3.8, 4) is 0 Å². The molecule has 242 valence electrons. The number of ether oxygens (including phenoxy) is 3. The highest BCUT2D eigenvalue weighted by Crippen LogP contribution is 2.27. The molecule has 1 aromatic rings. The Morgan fingerprint density at radius 2 is 1.40 bits per heavy atom. The number of rotatable bonds is 10. The van der Waals surface area contributed by atoms with E-state index in [1.54, 1.807) is 0 Å². The zero-order valence-corrected chi connectivity index (χ0v) is 27.4. The summed E-state index contributed by atoms with van der Waals surface area (Å²) in [5, 5.41) is 3.01. The second-order valence-corrected chi connectivity index (χ2v) is 14.2. The Balaban J connectivity index is 1.52. The number of benzene rings is 1. The van der Waals surface area contributed by atoms with Crippen LogP contribution in [0.15, 0.2) is 30.3 Å². The van der Waals surface area contributed by atoms with E-state index in [4.69, 9.17) is 14.2 Å². The Morgan fingerprint density at radius 1 is 0.791 bits per heavy atom. The first-order valence-electron chi connectivity index (χ1n) is 16.2. The van der Waals surface area contributed by atoms with Crippen molar-refractivity contribution in [2.75, 3.05) is 19.6 Å². The van der Waals surface area contributed by atoms with Crippen molar-refractivity contribution in [2.45, 2.75) is 136 Å². The molecule has 2 aliphatic carbocycles. The van der Waals surface area contributed by atoms with Gasteiger partial charge in [0.15, 0.2) is 0 Å². The number of alkyl carbamates (subject to hydrolysis) is 1. The van der Waals surface area contributed by atoms with Crippen LogP contribution in [0.25, 0.3) is 0 Å². The number of carbonyl (C=O) groups excluding carboxylic acids is 3. The lowest BCUT2D eigenvalue weighted by Gasteiger charge is -2.37. The molecule has 9 nitrogen and oxygen atoms in total. The largest absolute Gasteiger partial charge is 0.445 e. The number of nitrogens with zero attached hydrogens (tertiary/aromatic N) is 2. The second-order valence-electron chi connectivity index (χ2n) is 14.2. The summed E-state index contributed by atoms with van der Waals surface area (Å²) in [5.74, 6) is 0.311. The second kappa shape index (κ2) is 16.2. The SMILES string of the molecule is CC(C)(C)OC(=O)N(CCCN(C(=O)OC(C)(C)C)C1CCCCC1)C[C@H]1CC[C@H](NC(=O)OCc2ccccc2)CC1. The molecular formula is C34H55N3O6. The molecule has 2 saturated carbocycles. The van der Waals surface area contributed by atoms with Crippen LogP contribution in [-0.2, 0) is 20.8 Å². The van der Waals surface area contributed by atoms with E-state index in [0.717, 1.165) is 56.9 Å². The predicted molar refractivity (Wildman–Crippen MR) is 168 cm³/mol.